The summed E-state index contributed by atoms with van der Waals surface area (Å²) in [6.45, 7) is 6.56. The summed E-state index contributed by atoms with van der Waals surface area (Å²) in [5.74, 6) is 3.07. The number of rotatable bonds is 7. The van der Waals surface area contributed by atoms with E-state index in [0.29, 0.717) is 18.1 Å². The van der Waals surface area contributed by atoms with Crippen LogP contribution in [-0.4, -0.2) is 18.1 Å². The Bertz CT molecular complexity index is 603. The fraction of sp³-hybridized carbons (Fsp3) is 0.353. The molecule has 0 aliphatic carbocycles. The molecule has 112 valence electrons. The van der Waals surface area contributed by atoms with E-state index in [4.69, 9.17) is 9.15 Å². The standard InChI is InChI=1S/C17H20O3S/c1-4-19-17-8-7-15(12(2)13(17)3)16(18)11-21-10-14-6-5-9-20-14/h5-9H,4,10-11H2,1-3H3. The van der Waals surface area contributed by atoms with Crippen LogP contribution in [0.25, 0.3) is 0 Å². The molecule has 0 saturated heterocycles. The maximum Gasteiger partial charge on any atom is 0.173 e. The number of thioether (sulfide) groups is 1. The highest BCUT2D eigenvalue weighted by atomic mass is 32.2. The average Bonchev–Trinajstić information content (AvgIpc) is 2.97. The van der Waals surface area contributed by atoms with Crippen LogP contribution < -0.4 is 4.74 Å². The van der Waals surface area contributed by atoms with Crippen molar-refractivity contribution in [2.24, 2.45) is 0 Å². The Balaban J connectivity index is 2.00. The van der Waals surface area contributed by atoms with Crippen LogP contribution in [0.3, 0.4) is 0 Å². The SMILES string of the molecule is CCOc1ccc(C(=O)CSCc2ccco2)c(C)c1C. The van der Waals surface area contributed by atoms with Crippen LogP contribution >= 0.6 is 11.8 Å². The van der Waals surface area contributed by atoms with E-state index in [0.717, 1.165) is 28.2 Å². The topological polar surface area (TPSA) is 39.4 Å². The van der Waals surface area contributed by atoms with Gasteiger partial charge in [0.05, 0.1) is 24.4 Å². The molecule has 0 saturated carbocycles. The van der Waals surface area contributed by atoms with E-state index in [1.54, 1.807) is 18.0 Å². The molecule has 3 nitrogen and oxygen atoms in total. The molecule has 0 spiro atoms. The summed E-state index contributed by atoms with van der Waals surface area (Å²) in [5.41, 5.74) is 2.83. The van der Waals surface area contributed by atoms with Gasteiger partial charge in [0.1, 0.15) is 11.5 Å². The van der Waals surface area contributed by atoms with E-state index in [1.165, 1.54) is 0 Å². The summed E-state index contributed by atoms with van der Waals surface area (Å²) in [6.07, 6.45) is 1.65. The molecule has 0 radical (unpaired) electrons. The van der Waals surface area contributed by atoms with Crippen molar-refractivity contribution in [1.29, 1.82) is 0 Å². The van der Waals surface area contributed by atoms with Crippen LogP contribution in [0.4, 0.5) is 0 Å². The average molecular weight is 304 g/mol. The molecule has 1 aromatic carbocycles. The highest BCUT2D eigenvalue weighted by molar-refractivity contribution is 7.99. The number of Topliss-reactive ketones (excluding diaryl/α,β-unsaturated/α-hetero) is 1. The number of hydrogen-bond donors (Lipinski definition) is 0. The zero-order valence-corrected chi connectivity index (χ0v) is 13.5. The molecule has 0 aliphatic rings. The molecule has 21 heavy (non-hydrogen) atoms. The third-order valence-corrected chi connectivity index (χ3v) is 4.35. The zero-order chi connectivity index (χ0) is 15.2. The van der Waals surface area contributed by atoms with Gasteiger partial charge in [0.2, 0.25) is 0 Å². The molecule has 2 aromatic rings. The van der Waals surface area contributed by atoms with E-state index >= 15 is 0 Å². The molecule has 1 aromatic heterocycles. The van der Waals surface area contributed by atoms with Crippen LogP contribution in [0.1, 0.15) is 34.2 Å². The van der Waals surface area contributed by atoms with Crippen molar-refractivity contribution in [3.05, 3.63) is 53.0 Å². The highest BCUT2D eigenvalue weighted by Crippen LogP contribution is 2.25. The van der Waals surface area contributed by atoms with Gasteiger partial charge in [-0.2, -0.15) is 0 Å². The number of carbonyl (C=O) groups is 1. The van der Waals surface area contributed by atoms with Gasteiger partial charge in [-0.05, 0) is 56.2 Å². The van der Waals surface area contributed by atoms with Gasteiger partial charge in [-0.25, -0.2) is 0 Å². The second-order valence-corrected chi connectivity index (χ2v) is 5.78. The second kappa shape index (κ2) is 7.36. The monoisotopic (exact) mass is 304 g/mol. The minimum Gasteiger partial charge on any atom is -0.494 e. The molecule has 0 unspecified atom stereocenters. The van der Waals surface area contributed by atoms with Gasteiger partial charge in [-0.3, -0.25) is 4.79 Å². The summed E-state index contributed by atoms with van der Waals surface area (Å²) in [6, 6.07) is 7.53. The van der Waals surface area contributed by atoms with Gasteiger partial charge in [0.15, 0.2) is 5.78 Å². The van der Waals surface area contributed by atoms with Gasteiger partial charge < -0.3 is 9.15 Å². The predicted octanol–water partition coefficient (Wildman–Crippen LogP) is 4.41. The van der Waals surface area contributed by atoms with Gasteiger partial charge in [0, 0.05) is 5.56 Å². The first-order valence-corrected chi connectivity index (χ1v) is 8.15. The Morgan fingerprint density at radius 3 is 2.71 bits per heavy atom. The van der Waals surface area contributed by atoms with Crippen molar-refractivity contribution in [2.75, 3.05) is 12.4 Å². The summed E-state index contributed by atoms with van der Waals surface area (Å²) in [5, 5.41) is 0. The summed E-state index contributed by atoms with van der Waals surface area (Å²) >= 11 is 1.57. The Morgan fingerprint density at radius 1 is 1.24 bits per heavy atom. The molecule has 0 bridgehead atoms. The molecule has 0 N–H and O–H groups in total. The minimum atomic E-state index is 0.148. The van der Waals surface area contributed by atoms with Crippen molar-refractivity contribution in [2.45, 2.75) is 26.5 Å². The Hall–Kier alpha value is -1.68. The summed E-state index contributed by atoms with van der Waals surface area (Å²) < 4.78 is 10.8. The third-order valence-electron chi connectivity index (χ3n) is 3.40. The maximum absolute atomic E-state index is 12.3. The largest absolute Gasteiger partial charge is 0.494 e. The summed E-state index contributed by atoms with van der Waals surface area (Å²) in [4.78, 5) is 12.3. The van der Waals surface area contributed by atoms with E-state index in [1.807, 2.05) is 45.0 Å². The Labute approximate surface area is 129 Å². The van der Waals surface area contributed by atoms with Gasteiger partial charge >= 0.3 is 0 Å². The summed E-state index contributed by atoms with van der Waals surface area (Å²) in [7, 11) is 0. The number of benzene rings is 1. The van der Waals surface area contributed by atoms with Crippen LogP contribution in [0.5, 0.6) is 5.75 Å². The first kappa shape index (κ1) is 15.7. The first-order chi connectivity index (χ1) is 10.1. The number of ether oxygens (including phenoxy) is 1. The van der Waals surface area contributed by atoms with Gasteiger partial charge in [-0.15, -0.1) is 11.8 Å². The molecular weight excluding hydrogens is 284 g/mol. The lowest BCUT2D eigenvalue weighted by Gasteiger charge is -2.12. The van der Waals surface area contributed by atoms with Crippen molar-refractivity contribution >= 4 is 17.5 Å². The third kappa shape index (κ3) is 3.91. The molecule has 0 amide bonds. The van der Waals surface area contributed by atoms with Crippen LogP contribution in [0.15, 0.2) is 34.9 Å². The lowest BCUT2D eigenvalue weighted by Crippen LogP contribution is -2.07. The minimum absolute atomic E-state index is 0.148. The molecule has 4 heteroatoms. The van der Waals surface area contributed by atoms with Crippen LogP contribution in [0.2, 0.25) is 0 Å². The molecule has 0 atom stereocenters. The smallest absolute Gasteiger partial charge is 0.173 e. The molecule has 0 aliphatic heterocycles. The first-order valence-electron chi connectivity index (χ1n) is 6.99. The van der Waals surface area contributed by atoms with E-state index < -0.39 is 0 Å². The Kier molecular flexibility index (Phi) is 5.51. The van der Waals surface area contributed by atoms with Crippen LogP contribution in [0, 0.1) is 13.8 Å². The number of carbonyl (C=O) groups excluding carboxylic acids is 1. The normalized spacial score (nSPS) is 10.6. The van der Waals surface area contributed by atoms with Crippen molar-refractivity contribution in [3.63, 3.8) is 0 Å². The van der Waals surface area contributed by atoms with Crippen molar-refractivity contribution in [3.8, 4) is 5.75 Å². The van der Waals surface area contributed by atoms with Gasteiger partial charge in [0.25, 0.3) is 0 Å². The molecule has 1 heterocycles. The maximum atomic E-state index is 12.3. The fourth-order valence-electron chi connectivity index (χ4n) is 2.13. The molecule has 2 rings (SSSR count). The van der Waals surface area contributed by atoms with Crippen molar-refractivity contribution in [1.82, 2.24) is 0 Å². The van der Waals surface area contributed by atoms with Gasteiger partial charge in [-0.1, -0.05) is 0 Å². The number of furan rings is 1. The number of hydrogen-bond acceptors (Lipinski definition) is 4. The second-order valence-electron chi connectivity index (χ2n) is 4.79. The van der Waals surface area contributed by atoms with E-state index in [9.17, 15) is 4.79 Å². The fourth-order valence-corrected chi connectivity index (χ4v) is 2.93. The molecular formula is C17H20O3S. The Morgan fingerprint density at radius 2 is 2.05 bits per heavy atom. The zero-order valence-electron chi connectivity index (χ0n) is 12.6. The van der Waals surface area contributed by atoms with Crippen LogP contribution in [-0.2, 0) is 5.75 Å². The molecule has 0 fully saturated rings. The van der Waals surface area contributed by atoms with E-state index in [2.05, 4.69) is 0 Å². The quantitative estimate of drug-likeness (QED) is 0.710. The highest BCUT2D eigenvalue weighted by Gasteiger charge is 2.13. The lowest BCUT2D eigenvalue weighted by molar-refractivity contribution is 0.102. The lowest BCUT2D eigenvalue weighted by atomic mass is 10.00. The van der Waals surface area contributed by atoms with Crippen molar-refractivity contribution < 1.29 is 13.9 Å². The number of ketones is 1. The van der Waals surface area contributed by atoms with E-state index in [-0.39, 0.29) is 5.78 Å². The predicted molar refractivity (Wildman–Crippen MR) is 86.3 cm³/mol.